The first-order chi connectivity index (χ1) is 13.1. The molecule has 0 saturated heterocycles. The molecular formula is C23H17BrN2O. The van der Waals surface area contributed by atoms with Crippen LogP contribution >= 0.6 is 15.9 Å². The van der Waals surface area contributed by atoms with Gasteiger partial charge in [0.2, 0.25) is 0 Å². The number of anilines is 1. The number of aryl methyl sites for hydroxylation is 1. The number of amides is 1. The van der Waals surface area contributed by atoms with Gasteiger partial charge in [0.05, 0.1) is 5.69 Å². The van der Waals surface area contributed by atoms with Crippen LogP contribution in [0, 0.1) is 6.92 Å². The monoisotopic (exact) mass is 416 g/mol. The molecule has 3 aromatic carbocycles. The van der Waals surface area contributed by atoms with Crippen molar-refractivity contribution in [2.75, 3.05) is 4.90 Å². The Morgan fingerprint density at radius 1 is 0.889 bits per heavy atom. The average Bonchev–Trinajstić information content (AvgIpc) is 3.00. The zero-order chi connectivity index (χ0) is 18.8. The van der Waals surface area contributed by atoms with E-state index in [1.54, 1.807) is 4.90 Å². The van der Waals surface area contributed by atoms with E-state index in [9.17, 15) is 4.79 Å². The molecule has 0 atom stereocenters. The van der Waals surface area contributed by atoms with Crippen molar-refractivity contribution >= 4 is 39.4 Å². The summed E-state index contributed by atoms with van der Waals surface area (Å²) in [4.78, 5) is 19.5. The number of rotatable bonds is 3. The van der Waals surface area contributed by atoms with Crippen LogP contribution in [0.25, 0.3) is 6.08 Å². The summed E-state index contributed by atoms with van der Waals surface area (Å²) < 4.78 is 0.965. The molecule has 4 rings (SSSR count). The molecule has 0 unspecified atom stereocenters. The summed E-state index contributed by atoms with van der Waals surface area (Å²) in [6.07, 6.45) is 1.83. The van der Waals surface area contributed by atoms with E-state index in [2.05, 4.69) is 20.9 Å². The van der Waals surface area contributed by atoms with E-state index in [0.29, 0.717) is 11.5 Å². The summed E-state index contributed by atoms with van der Waals surface area (Å²) in [5.74, 6) is 0.515. The molecule has 3 nitrogen and oxygen atoms in total. The van der Waals surface area contributed by atoms with Gasteiger partial charge in [0.1, 0.15) is 11.5 Å². The van der Waals surface area contributed by atoms with E-state index in [1.807, 2.05) is 91.9 Å². The molecule has 1 heterocycles. The van der Waals surface area contributed by atoms with Crippen LogP contribution in [0.2, 0.25) is 0 Å². The van der Waals surface area contributed by atoms with Crippen molar-refractivity contribution in [3.05, 3.63) is 106 Å². The third-order valence-corrected chi connectivity index (χ3v) is 4.89. The molecule has 0 N–H and O–H groups in total. The zero-order valence-corrected chi connectivity index (χ0v) is 16.3. The summed E-state index contributed by atoms with van der Waals surface area (Å²) in [5, 5.41) is 0. The number of nitrogens with zero attached hydrogens (tertiary/aromatic N) is 2. The normalized spacial score (nSPS) is 15.3. The van der Waals surface area contributed by atoms with Crippen molar-refractivity contribution in [1.29, 1.82) is 0 Å². The number of hydrogen-bond donors (Lipinski definition) is 0. The van der Waals surface area contributed by atoms with Crippen molar-refractivity contribution in [2.45, 2.75) is 6.92 Å². The lowest BCUT2D eigenvalue weighted by molar-refractivity contribution is -0.113. The zero-order valence-electron chi connectivity index (χ0n) is 14.8. The largest absolute Gasteiger partial charge is 0.282 e. The van der Waals surface area contributed by atoms with E-state index in [0.717, 1.165) is 21.3 Å². The van der Waals surface area contributed by atoms with Crippen LogP contribution in [0.1, 0.15) is 16.7 Å². The molecule has 27 heavy (non-hydrogen) atoms. The predicted octanol–water partition coefficient (Wildman–Crippen LogP) is 5.59. The Morgan fingerprint density at radius 3 is 2.22 bits per heavy atom. The molecule has 1 amide bonds. The fourth-order valence-electron chi connectivity index (χ4n) is 2.95. The van der Waals surface area contributed by atoms with Gasteiger partial charge in [-0.3, -0.25) is 9.69 Å². The Morgan fingerprint density at radius 2 is 1.56 bits per heavy atom. The maximum atomic E-state index is 13.2. The summed E-state index contributed by atoms with van der Waals surface area (Å²) in [6, 6.07) is 25.5. The summed E-state index contributed by atoms with van der Waals surface area (Å²) in [6.45, 7) is 2.04. The first-order valence-electron chi connectivity index (χ1n) is 8.64. The molecule has 4 heteroatoms. The van der Waals surface area contributed by atoms with Crippen molar-refractivity contribution in [2.24, 2.45) is 4.99 Å². The van der Waals surface area contributed by atoms with Crippen molar-refractivity contribution in [3.63, 3.8) is 0 Å². The first-order valence-corrected chi connectivity index (χ1v) is 9.43. The summed E-state index contributed by atoms with van der Waals surface area (Å²) in [5.41, 5.74) is 4.25. The number of hydrogen-bond acceptors (Lipinski definition) is 2. The quantitative estimate of drug-likeness (QED) is 0.512. The van der Waals surface area contributed by atoms with Gasteiger partial charge in [-0.15, -0.1) is 0 Å². The Hall–Kier alpha value is -2.98. The molecule has 0 fully saturated rings. The van der Waals surface area contributed by atoms with Gasteiger partial charge in [-0.05, 0) is 42.8 Å². The number of benzene rings is 3. The van der Waals surface area contributed by atoms with Crippen molar-refractivity contribution in [1.82, 2.24) is 0 Å². The molecule has 0 saturated carbocycles. The average molecular weight is 417 g/mol. The van der Waals surface area contributed by atoms with Crippen LogP contribution in [-0.2, 0) is 4.79 Å². The third kappa shape index (κ3) is 3.62. The lowest BCUT2D eigenvalue weighted by Crippen LogP contribution is -2.32. The fourth-order valence-corrected chi connectivity index (χ4v) is 3.21. The minimum atomic E-state index is -0.128. The highest BCUT2D eigenvalue weighted by molar-refractivity contribution is 9.10. The molecule has 3 aromatic rings. The first kappa shape index (κ1) is 17.4. The lowest BCUT2D eigenvalue weighted by atomic mass is 10.1. The Balaban J connectivity index is 1.82. The van der Waals surface area contributed by atoms with E-state index in [1.165, 1.54) is 5.56 Å². The second-order valence-electron chi connectivity index (χ2n) is 6.36. The number of amidine groups is 1. The minimum absolute atomic E-state index is 0.128. The van der Waals surface area contributed by atoms with Crippen molar-refractivity contribution < 1.29 is 4.79 Å². The number of halogens is 1. The molecule has 0 aromatic heterocycles. The van der Waals surface area contributed by atoms with Crippen LogP contribution < -0.4 is 4.90 Å². The molecule has 1 aliphatic rings. The van der Waals surface area contributed by atoms with Gasteiger partial charge in [0.15, 0.2) is 0 Å². The van der Waals surface area contributed by atoms with Gasteiger partial charge < -0.3 is 0 Å². The van der Waals surface area contributed by atoms with Gasteiger partial charge >= 0.3 is 0 Å². The van der Waals surface area contributed by atoms with Crippen LogP contribution in [0.15, 0.2) is 94.0 Å². The molecule has 1 aliphatic heterocycles. The third-order valence-electron chi connectivity index (χ3n) is 4.36. The van der Waals surface area contributed by atoms with E-state index in [-0.39, 0.29) is 5.91 Å². The SMILES string of the molecule is Cc1ccc(C2=N/C(=C\c3ccccc3)C(=O)N2c2ccc(Br)cc2)cc1. The highest BCUT2D eigenvalue weighted by atomic mass is 79.9. The van der Waals surface area contributed by atoms with Gasteiger partial charge in [-0.1, -0.05) is 76.1 Å². The molecular weight excluding hydrogens is 400 g/mol. The van der Waals surface area contributed by atoms with E-state index < -0.39 is 0 Å². The highest BCUT2D eigenvalue weighted by Gasteiger charge is 2.32. The van der Waals surface area contributed by atoms with Gasteiger partial charge in [0.25, 0.3) is 5.91 Å². The molecule has 0 spiro atoms. The van der Waals surface area contributed by atoms with Crippen LogP contribution in [0.5, 0.6) is 0 Å². The number of aliphatic imine (C=N–C) groups is 1. The van der Waals surface area contributed by atoms with Crippen LogP contribution in [0.3, 0.4) is 0 Å². The Bertz CT molecular complexity index is 1040. The van der Waals surface area contributed by atoms with Crippen LogP contribution in [0.4, 0.5) is 5.69 Å². The standard InChI is InChI=1S/C23H17BrN2O/c1-16-7-9-18(10-8-16)22-25-21(15-17-5-3-2-4-6-17)23(27)26(22)20-13-11-19(24)12-14-20/h2-15H,1H3/b21-15-. The van der Waals surface area contributed by atoms with E-state index >= 15 is 0 Å². The minimum Gasteiger partial charge on any atom is -0.266 e. The second kappa shape index (κ2) is 7.33. The molecule has 0 aliphatic carbocycles. The maximum absolute atomic E-state index is 13.2. The fraction of sp³-hybridized carbons (Fsp3) is 0.0435. The van der Waals surface area contributed by atoms with Crippen molar-refractivity contribution in [3.8, 4) is 0 Å². The van der Waals surface area contributed by atoms with Gasteiger partial charge in [-0.25, -0.2) is 4.99 Å². The summed E-state index contributed by atoms with van der Waals surface area (Å²) in [7, 11) is 0. The van der Waals surface area contributed by atoms with Gasteiger partial charge in [-0.2, -0.15) is 0 Å². The number of carbonyl (C=O) groups is 1. The molecule has 0 radical (unpaired) electrons. The van der Waals surface area contributed by atoms with E-state index in [4.69, 9.17) is 0 Å². The number of carbonyl (C=O) groups excluding carboxylic acids is 1. The summed E-state index contributed by atoms with van der Waals surface area (Å²) >= 11 is 3.45. The predicted molar refractivity (Wildman–Crippen MR) is 114 cm³/mol. The van der Waals surface area contributed by atoms with Gasteiger partial charge in [0, 0.05) is 10.0 Å². The topological polar surface area (TPSA) is 32.7 Å². The maximum Gasteiger partial charge on any atom is 0.282 e. The smallest absolute Gasteiger partial charge is 0.266 e. The lowest BCUT2D eigenvalue weighted by Gasteiger charge is -2.18. The van der Waals surface area contributed by atoms with Crippen LogP contribution in [-0.4, -0.2) is 11.7 Å². The molecule has 132 valence electrons. The Kier molecular flexibility index (Phi) is 4.73. The second-order valence-corrected chi connectivity index (χ2v) is 7.27. The molecule has 0 bridgehead atoms. The highest BCUT2D eigenvalue weighted by Crippen LogP contribution is 2.29. The Labute approximate surface area is 166 Å².